The molecule has 2 N–H and O–H groups in total. The highest BCUT2D eigenvalue weighted by atomic mass is 19.1. The monoisotopic (exact) mass is 312 g/mol. The van der Waals surface area contributed by atoms with E-state index >= 15 is 0 Å². The smallest absolute Gasteiger partial charge is 0.127 e. The number of aromatic nitrogens is 1. The largest absolute Gasteiger partial charge is 0.361 e. The van der Waals surface area contributed by atoms with E-state index in [0.29, 0.717) is 23.9 Å². The van der Waals surface area contributed by atoms with Gasteiger partial charge >= 0.3 is 0 Å². The highest BCUT2D eigenvalue weighted by Gasteiger charge is 2.39. The van der Waals surface area contributed by atoms with E-state index < -0.39 is 0 Å². The molecule has 118 valence electrons. The summed E-state index contributed by atoms with van der Waals surface area (Å²) >= 11 is 0. The van der Waals surface area contributed by atoms with Gasteiger partial charge in [-0.3, -0.25) is 0 Å². The number of hydrogen-bond acceptors (Lipinski definition) is 1. The van der Waals surface area contributed by atoms with Crippen LogP contribution in [0, 0.1) is 17.6 Å². The SMILES string of the molecule is Fc1ccc2[nH]cc([C@@H]3C[C@H]3CNCc3ccccc3F)c2c1. The first kappa shape index (κ1) is 14.4. The number of benzene rings is 2. The molecule has 0 amide bonds. The lowest BCUT2D eigenvalue weighted by molar-refractivity contribution is 0.574. The van der Waals surface area contributed by atoms with Crippen LogP contribution in [0.1, 0.15) is 23.5 Å². The second-order valence-corrected chi connectivity index (χ2v) is 6.26. The van der Waals surface area contributed by atoms with Gasteiger partial charge in [0.05, 0.1) is 0 Å². The fourth-order valence-corrected chi connectivity index (χ4v) is 3.31. The van der Waals surface area contributed by atoms with Crippen molar-refractivity contribution in [2.24, 2.45) is 5.92 Å². The summed E-state index contributed by atoms with van der Waals surface area (Å²) in [5.41, 5.74) is 2.86. The van der Waals surface area contributed by atoms with E-state index in [9.17, 15) is 8.78 Å². The van der Waals surface area contributed by atoms with Gasteiger partial charge in [0.25, 0.3) is 0 Å². The first-order valence-corrected chi connectivity index (χ1v) is 7.93. The second kappa shape index (κ2) is 5.78. The molecule has 0 spiro atoms. The zero-order valence-corrected chi connectivity index (χ0v) is 12.7. The first-order chi connectivity index (χ1) is 11.2. The Labute approximate surface area is 133 Å². The summed E-state index contributed by atoms with van der Waals surface area (Å²) in [5.74, 6) is 0.621. The quantitative estimate of drug-likeness (QED) is 0.720. The highest BCUT2D eigenvalue weighted by molar-refractivity contribution is 5.84. The van der Waals surface area contributed by atoms with Crippen molar-refractivity contribution in [1.82, 2.24) is 10.3 Å². The molecular weight excluding hydrogens is 294 g/mol. The third kappa shape index (κ3) is 2.86. The van der Waals surface area contributed by atoms with E-state index in [4.69, 9.17) is 0 Å². The van der Waals surface area contributed by atoms with Crippen LogP contribution in [-0.2, 0) is 6.54 Å². The van der Waals surface area contributed by atoms with Gasteiger partial charge in [-0.1, -0.05) is 18.2 Å². The van der Waals surface area contributed by atoms with Crippen molar-refractivity contribution in [2.75, 3.05) is 6.54 Å². The predicted molar refractivity (Wildman–Crippen MR) is 87.2 cm³/mol. The van der Waals surface area contributed by atoms with Crippen molar-refractivity contribution in [3.8, 4) is 0 Å². The van der Waals surface area contributed by atoms with Gasteiger partial charge in [-0.2, -0.15) is 0 Å². The molecule has 2 aromatic carbocycles. The van der Waals surface area contributed by atoms with E-state index in [0.717, 1.165) is 23.9 Å². The van der Waals surface area contributed by atoms with Crippen LogP contribution in [0.5, 0.6) is 0 Å². The molecule has 0 unspecified atom stereocenters. The lowest BCUT2D eigenvalue weighted by Crippen LogP contribution is -2.17. The maximum atomic E-state index is 13.6. The van der Waals surface area contributed by atoms with Crippen molar-refractivity contribution in [3.05, 3.63) is 71.4 Å². The van der Waals surface area contributed by atoms with Gasteiger partial charge in [0.15, 0.2) is 0 Å². The topological polar surface area (TPSA) is 27.8 Å². The van der Waals surface area contributed by atoms with E-state index in [-0.39, 0.29) is 11.6 Å². The standard InChI is InChI=1S/C19H18F2N2/c20-14-5-6-19-16(8-14)17(11-23-19)15-7-13(15)10-22-9-12-3-1-2-4-18(12)21/h1-6,8,11,13,15,22-23H,7,9-10H2/t13-,15+/m0/s1. The number of H-pyrrole nitrogens is 1. The molecule has 1 heterocycles. The zero-order chi connectivity index (χ0) is 15.8. The van der Waals surface area contributed by atoms with Gasteiger partial charge in [-0.05, 0) is 54.6 Å². The van der Waals surface area contributed by atoms with Crippen molar-refractivity contribution in [1.29, 1.82) is 0 Å². The number of aromatic amines is 1. The van der Waals surface area contributed by atoms with Crippen LogP contribution < -0.4 is 5.32 Å². The van der Waals surface area contributed by atoms with Crippen molar-refractivity contribution >= 4 is 10.9 Å². The molecule has 1 saturated carbocycles. The second-order valence-electron chi connectivity index (χ2n) is 6.26. The maximum absolute atomic E-state index is 13.6. The number of nitrogens with one attached hydrogen (secondary N) is 2. The molecule has 1 fully saturated rings. The van der Waals surface area contributed by atoms with Gasteiger partial charge in [-0.15, -0.1) is 0 Å². The average Bonchev–Trinajstić information content (AvgIpc) is 3.19. The molecule has 0 saturated heterocycles. The van der Waals surface area contributed by atoms with E-state index in [1.165, 1.54) is 17.7 Å². The highest BCUT2D eigenvalue weighted by Crippen LogP contribution is 2.49. The zero-order valence-electron chi connectivity index (χ0n) is 12.7. The van der Waals surface area contributed by atoms with E-state index in [2.05, 4.69) is 10.3 Å². The van der Waals surface area contributed by atoms with Gasteiger partial charge in [-0.25, -0.2) is 8.78 Å². The fourth-order valence-electron chi connectivity index (χ4n) is 3.31. The molecule has 23 heavy (non-hydrogen) atoms. The molecule has 1 aliphatic rings. The number of fused-ring (bicyclic) bond motifs is 1. The van der Waals surface area contributed by atoms with Crippen molar-refractivity contribution in [3.63, 3.8) is 0 Å². The Hall–Kier alpha value is -2.20. The Kier molecular flexibility index (Phi) is 3.62. The summed E-state index contributed by atoms with van der Waals surface area (Å²) < 4.78 is 27.0. The summed E-state index contributed by atoms with van der Waals surface area (Å²) in [6.45, 7) is 1.39. The summed E-state index contributed by atoms with van der Waals surface area (Å²) in [6, 6.07) is 11.7. The van der Waals surface area contributed by atoms with Crippen molar-refractivity contribution in [2.45, 2.75) is 18.9 Å². The normalized spacial score (nSPS) is 20.1. The van der Waals surface area contributed by atoms with Gasteiger partial charge in [0.1, 0.15) is 11.6 Å². The Balaban J connectivity index is 1.38. The van der Waals surface area contributed by atoms with Crippen LogP contribution >= 0.6 is 0 Å². The third-order valence-electron chi connectivity index (χ3n) is 4.68. The summed E-state index contributed by atoms with van der Waals surface area (Å²) in [6.07, 6.45) is 3.08. The molecule has 3 aromatic rings. The molecule has 2 atom stereocenters. The molecule has 0 aliphatic heterocycles. The average molecular weight is 312 g/mol. The van der Waals surface area contributed by atoms with Crippen LogP contribution in [0.3, 0.4) is 0 Å². The Morgan fingerprint density at radius 2 is 2.00 bits per heavy atom. The summed E-state index contributed by atoms with van der Waals surface area (Å²) in [4.78, 5) is 3.21. The number of rotatable bonds is 5. The van der Waals surface area contributed by atoms with Crippen LogP contribution in [0.2, 0.25) is 0 Å². The minimum absolute atomic E-state index is 0.167. The predicted octanol–water partition coefficient (Wildman–Crippen LogP) is 4.34. The Bertz CT molecular complexity index is 840. The minimum atomic E-state index is -0.201. The fraction of sp³-hybridized carbons (Fsp3) is 0.263. The molecule has 4 heteroatoms. The Morgan fingerprint density at radius 3 is 2.87 bits per heavy atom. The third-order valence-corrected chi connectivity index (χ3v) is 4.68. The van der Waals surface area contributed by atoms with Gasteiger partial charge in [0.2, 0.25) is 0 Å². The molecule has 2 nitrogen and oxygen atoms in total. The molecule has 0 bridgehead atoms. The summed E-state index contributed by atoms with van der Waals surface area (Å²) in [7, 11) is 0. The number of hydrogen-bond donors (Lipinski definition) is 2. The Morgan fingerprint density at radius 1 is 1.13 bits per heavy atom. The van der Waals surface area contributed by atoms with Gasteiger partial charge < -0.3 is 10.3 Å². The first-order valence-electron chi connectivity index (χ1n) is 7.93. The molecule has 4 rings (SSSR count). The summed E-state index contributed by atoms with van der Waals surface area (Å²) in [5, 5.41) is 4.31. The van der Waals surface area contributed by atoms with Gasteiger partial charge in [0, 0.05) is 29.2 Å². The van der Waals surface area contributed by atoms with Crippen LogP contribution in [0.25, 0.3) is 10.9 Å². The molecule has 1 aromatic heterocycles. The molecular formula is C19H18F2N2. The lowest BCUT2D eigenvalue weighted by atomic mass is 10.1. The van der Waals surface area contributed by atoms with Crippen LogP contribution in [0.15, 0.2) is 48.7 Å². The minimum Gasteiger partial charge on any atom is -0.361 e. The van der Waals surface area contributed by atoms with Crippen LogP contribution in [-0.4, -0.2) is 11.5 Å². The molecule has 1 aliphatic carbocycles. The van der Waals surface area contributed by atoms with Crippen LogP contribution in [0.4, 0.5) is 8.78 Å². The number of halogens is 2. The molecule has 0 radical (unpaired) electrons. The van der Waals surface area contributed by atoms with E-state index in [1.54, 1.807) is 24.3 Å². The maximum Gasteiger partial charge on any atom is 0.127 e. The van der Waals surface area contributed by atoms with Crippen molar-refractivity contribution < 1.29 is 8.78 Å². The van der Waals surface area contributed by atoms with E-state index in [1.807, 2.05) is 12.3 Å². The lowest BCUT2D eigenvalue weighted by Gasteiger charge is -2.05.